The van der Waals surface area contributed by atoms with Gasteiger partial charge in [-0.25, -0.2) is 4.98 Å². The number of aliphatic hydroxyl groups is 1. The van der Waals surface area contributed by atoms with Gasteiger partial charge in [0, 0.05) is 30.9 Å². The second kappa shape index (κ2) is 5.25. The lowest BCUT2D eigenvalue weighted by Gasteiger charge is -2.21. The van der Waals surface area contributed by atoms with Crippen molar-refractivity contribution in [2.75, 3.05) is 19.7 Å². The number of nitrogens with zero attached hydrogens (tertiary/aromatic N) is 3. The number of hydrogen-bond donors (Lipinski definition) is 1. The van der Waals surface area contributed by atoms with Crippen molar-refractivity contribution in [1.29, 1.82) is 0 Å². The van der Waals surface area contributed by atoms with Gasteiger partial charge < -0.3 is 5.11 Å². The van der Waals surface area contributed by atoms with Gasteiger partial charge in [-0.3, -0.25) is 9.30 Å². The highest BCUT2D eigenvalue weighted by atomic mass is 32.1. The predicted molar refractivity (Wildman–Crippen MR) is 61.5 cm³/mol. The predicted octanol–water partition coefficient (Wildman–Crippen LogP) is 1.75. The third-order valence-electron chi connectivity index (χ3n) is 2.35. The van der Waals surface area contributed by atoms with E-state index in [2.05, 4.69) is 4.98 Å². The number of aromatic nitrogens is 2. The zero-order chi connectivity index (χ0) is 13.2. The first-order valence-corrected chi connectivity index (χ1v) is 6.17. The molecule has 0 aliphatic carbocycles. The van der Waals surface area contributed by atoms with Crippen LogP contribution in [0, 0.1) is 0 Å². The summed E-state index contributed by atoms with van der Waals surface area (Å²) in [5.41, 5.74) is 0.569. The van der Waals surface area contributed by atoms with Gasteiger partial charge in [0.1, 0.15) is 0 Å². The molecule has 8 heteroatoms. The second-order valence-electron chi connectivity index (χ2n) is 3.87. The summed E-state index contributed by atoms with van der Waals surface area (Å²) < 4.78 is 38.8. The van der Waals surface area contributed by atoms with Crippen molar-refractivity contribution in [3.8, 4) is 0 Å². The van der Waals surface area contributed by atoms with Crippen molar-refractivity contribution >= 4 is 16.3 Å². The molecule has 100 valence electrons. The lowest BCUT2D eigenvalue weighted by Crippen LogP contribution is -2.35. The number of fused-ring (bicyclic) bond motifs is 1. The van der Waals surface area contributed by atoms with Crippen molar-refractivity contribution in [3.05, 3.63) is 23.5 Å². The summed E-state index contributed by atoms with van der Waals surface area (Å²) in [6.07, 6.45) is -0.768. The fourth-order valence-electron chi connectivity index (χ4n) is 1.69. The molecule has 0 atom stereocenters. The number of imidazole rings is 1. The average molecular weight is 279 g/mol. The zero-order valence-corrected chi connectivity index (χ0v) is 10.2. The van der Waals surface area contributed by atoms with Gasteiger partial charge in [0.2, 0.25) is 0 Å². The Kier molecular flexibility index (Phi) is 3.88. The molecule has 0 radical (unpaired) electrons. The molecule has 2 heterocycles. The van der Waals surface area contributed by atoms with Crippen molar-refractivity contribution in [2.45, 2.75) is 12.7 Å². The lowest BCUT2D eigenvalue weighted by molar-refractivity contribution is -0.148. The Bertz CT molecular complexity index is 479. The molecule has 0 bridgehead atoms. The molecule has 2 aromatic heterocycles. The largest absolute Gasteiger partial charge is 0.401 e. The molecule has 0 saturated carbocycles. The van der Waals surface area contributed by atoms with Crippen LogP contribution in [0.25, 0.3) is 4.96 Å². The van der Waals surface area contributed by atoms with Crippen LogP contribution >= 0.6 is 11.3 Å². The highest BCUT2D eigenvalue weighted by molar-refractivity contribution is 7.15. The van der Waals surface area contributed by atoms with Gasteiger partial charge in [-0.05, 0) is 0 Å². The first-order chi connectivity index (χ1) is 8.48. The van der Waals surface area contributed by atoms with Crippen LogP contribution in [-0.4, -0.2) is 45.3 Å². The molecule has 0 unspecified atom stereocenters. The van der Waals surface area contributed by atoms with E-state index < -0.39 is 12.7 Å². The minimum Gasteiger partial charge on any atom is -0.395 e. The van der Waals surface area contributed by atoms with Crippen LogP contribution in [-0.2, 0) is 6.54 Å². The zero-order valence-electron chi connectivity index (χ0n) is 9.39. The topological polar surface area (TPSA) is 40.8 Å². The Labute approximate surface area is 105 Å². The van der Waals surface area contributed by atoms with E-state index in [4.69, 9.17) is 5.11 Å². The summed E-state index contributed by atoms with van der Waals surface area (Å²) in [5, 5.41) is 10.6. The first-order valence-electron chi connectivity index (χ1n) is 5.29. The van der Waals surface area contributed by atoms with Crippen molar-refractivity contribution in [1.82, 2.24) is 14.3 Å². The Morgan fingerprint density at radius 3 is 2.83 bits per heavy atom. The van der Waals surface area contributed by atoms with E-state index in [0.29, 0.717) is 5.69 Å². The molecule has 0 spiro atoms. The molecule has 0 aromatic carbocycles. The van der Waals surface area contributed by atoms with Gasteiger partial charge in [-0.15, -0.1) is 11.3 Å². The van der Waals surface area contributed by atoms with Crippen LogP contribution < -0.4 is 0 Å². The number of alkyl halides is 3. The van der Waals surface area contributed by atoms with E-state index in [0.717, 1.165) is 9.86 Å². The summed E-state index contributed by atoms with van der Waals surface area (Å²) in [4.78, 5) is 6.10. The minimum atomic E-state index is -4.27. The SMILES string of the molecule is OCCN(Cc1cn2ccsc2n1)CC(F)(F)F. The van der Waals surface area contributed by atoms with E-state index in [-0.39, 0.29) is 19.7 Å². The molecule has 4 nitrogen and oxygen atoms in total. The monoisotopic (exact) mass is 279 g/mol. The Morgan fingerprint density at radius 2 is 2.22 bits per heavy atom. The van der Waals surface area contributed by atoms with E-state index in [1.54, 1.807) is 16.8 Å². The molecular formula is C10H12F3N3OS. The third-order valence-corrected chi connectivity index (χ3v) is 3.12. The van der Waals surface area contributed by atoms with Crippen molar-refractivity contribution < 1.29 is 18.3 Å². The normalized spacial score (nSPS) is 12.7. The minimum absolute atomic E-state index is 0.0231. The maximum absolute atomic E-state index is 12.3. The maximum atomic E-state index is 12.3. The van der Waals surface area contributed by atoms with E-state index >= 15 is 0 Å². The molecule has 0 amide bonds. The molecule has 0 saturated heterocycles. The maximum Gasteiger partial charge on any atom is 0.401 e. The smallest absolute Gasteiger partial charge is 0.395 e. The third kappa shape index (κ3) is 3.44. The summed E-state index contributed by atoms with van der Waals surface area (Å²) in [7, 11) is 0. The van der Waals surface area contributed by atoms with Gasteiger partial charge in [-0.2, -0.15) is 13.2 Å². The summed E-state index contributed by atoms with van der Waals surface area (Å²) in [6, 6.07) is 0. The van der Waals surface area contributed by atoms with E-state index in [1.807, 2.05) is 5.38 Å². The molecular weight excluding hydrogens is 267 g/mol. The number of rotatable bonds is 5. The van der Waals surface area contributed by atoms with Crippen LogP contribution in [0.15, 0.2) is 17.8 Å². The van der Waals surface area contributed by atoms with Gasteiger partial charge >= 0.3 is 6.18 Å². The molecule has 18 heavy (non-hydrogen) atoms. The van der Waals surface area contributed by atoms with Crippen molar-refractivity contribution in [3.63, 3.8) is 0 Å². The lowest BCUT2D eigenvalue weighted by atomic mass is 10.4. The second-order valence-corrected chi connectivity index (χ2v) is 4.75. The fraction of sp³-hybridized carbons (Fsp3) is 0.500. The number of aliphatic hydroxyl groups excluding tert-OH is 1. The average Bonchev–Trinajstić information content (AvgIpc) is 2.75. The van der Waals surface area contributed by atoms with Crippen LogP contribution in [0.3, 0.4) is 0 Å². The number of thiazole rings is 1. The van der Waals surface area contributed by atoms with Crippen LogP contribution in [0.4, 0.5) is 13.2 Å². The van der Waals surface area contributed by atoms with E-state index in [1.165, 1.54) is 11.3 Å². The highest BCUT2D eigenvalue weighted by Gasteiger charge is 2.30. The fourth-order valence-corrected chi connectivity index (χ4v) is 2.41. The van der Waals surface area contributed by atoms with Crippen LogP contribution in [0.2, 0.25) is 0 Å². The Morgan fingerprint density at radius 1 is 1.44 bits per heavy atom. The van der Waals surface area contributed by atoms with Gasteiger partial charge in [0.25, 0.3) is 0 Å². The summed E-state index contributed by atoms with van der Waals surface area (Å²) in [5.74, 6) is 0. The standard InChI is InChI=1S/C10H12F3N3OS/c11-10(12,13)7-15(1-3-17)5-8-6-16-2-4-18-9(16)14-8/h2,4,6,17H,1,3,5,7H2. The van der Waals surface area contributed by atoms with Crippen molar-refractivity contribution in [2.24, 2.45) is 0 Å². The number of halogens is 3. The molecule has 0 aliphatic heterocycles. The Balaban J connectivity index is 2.06. The van der Waals surface area contributed by atoms with Gasteiger partial charge in [0.15, 0.2) is 4.96 Å². The van der Waals surface area contributed by atoms with Gasteiger partial charge in [-0.1, -0.05) is 0 Å². The molecule has 0 fully saturated rings. The Hall–Kier alpha value is -1.12. The highest BCUT2D eigenvalue weighted by Crippen LogP contribution is 2.18. The molecule has 2 rings (SSSR count). The summed E-state index contributed by atoms with van der Waals surface area (Å²) >= 11 is 1.42. The molecule has 0 aliphatic rings. The molecule has 1 N–H and O–H groups in total. The quantitative estimate of drug-likeness (QED) is 0.906. The van der Waals surface area contributed by atoms with E-state index in [9.17, 15) is 13.2 Å². The van der Waals surface area contributed by atoms with Crippen LogP contribution in [0.1, 0.15) is 5.69 Å². The summed E-state index contributed by atoms with van der Waals surface area (Å²) in [6.45, 7) is -1.30. The van der Waals surface area contributed by atoms with Gasteiger partial charge in [0.05, 0.1) is 18.8 Å². The molecule has 2 aromatic rings. The number of hydrogen-bond acceptors (Lipinski definition) is 4. The first kappa shape index (κ1) is 13.3. The van der Waals surface area contributed by atoms with Crippen LogP contribution in [0.5, 0.6) is 0 Å².